The number of likely N-dealkylation sites (tertiary alicyclic amines) is 1. The summed E-state index contributed by atoms with van der Waals surface area (Å²) in [5.74, 6) is 1.26. The van der Waals surface area contributed by atoms with Gasteiger partial charge >= 0.3 is 0 Å². The lowest BCUT2D eigenvalue weighted by Crippen LogP contribution is -2.45. The second-order valence-electron chi connectivity index (χ2n) is 6.72. The van der Waals surface area contributed by atoms with E-state index < -0.39 is 0 Å². The van der Waals surface area contributed by atoms with Crippen molar-refractivity contribution in [3.63, 3.8) is 0 Å². The van der Waals surface area contributed by atoms with Crippen LogP contribution in [0.4, 0.5) is 4.39 Å². The number of hydrogen-bond acceptors (Lipinski definition) is 2. The molecule has 1 aromatic heterocycles. The van der Waals surface area contributed by atoms with E-state index in [4.69, 9.17) is 0 Å². The second kappa shape index (κ2) is 4.85. The van der Waals surface area contributed by atoms with Crippen molar-refractivity contribution < 1.29 is 4.39 Å². The summed E-state index contributed by atoms with van der Waals surface area (Å²) in [4.78, 5) is 10.4. The Morgan fingerprint density at radius 1 is 1.25 bits per heavy atom. The van der Waals surface area contributed by atoms with E-state index in [1.807, 2.05) is 0 Å². The van der Waals surface area contributed by atoms with Crippen molar-refractivity contribution in [1.29, 1.82) is 0 Å². The first-order valence-corrected chi connectivity index (χ1v) is 7.34. The lowest BCUT2D eigenvalue weighted by Gasteiger charge is -2.40. The van der Waals surface area contributed by atoms with Crippen LogP contribution < -0.4 is 0 Å². The number of nitrogens with zero attached hydrogens (tertiary/aromatic N) is 2. The molecule has 0 atom stereocenters. The highest BCUT2D eigenvalue weighted by Gasteiger charge is 2.28. The molecule has 1 aliphatic heterocycles. The summed E-state index contributed by atoms with van der Waals surface area (Å²) in [6, 6.07) is 4.74. The van der Waals surface area contributed by atoms with Gasteiger partial charge in [-0.05, 0) is 64.9 Å². The monoisotopic (exact) mass is 275 g/mol. The van der Waals surface area contributed by atoms with Crippen LogP contribution in [-0.2, 0) is 0 Å². The zero-order valence-corrected chi connectivity index (χ0v) is 12.4. The fourth-order valence-electron chi connectivity index (χ4n) is 3.02. The highest BCUT2D eigenvalue weighted by atomic mass is 19.1. The summed E-state index contributed by atoms with van der Waals surface area (Å²) < 4.78 is 13.2. The Kier molecular flexibility index (Phi) is 3.28. The first kappa shape index (κ1) is 13.6. The van der Waals surface area contributed by atoms with Gasteiger partial charge in [0.2, 0.25) is 0 Å². The molecule has 1 aromatic carbocycles. The number of piperidine rings is 1. The summed E-state index contributed by atoms with van der Waals surface area (Å²) in [7, 11) is 0. The van der Waals surface area contributed by atoms with Gasteiger partial charge in [0.15, 0.2) is 0 Å². The highest BCUT2D eigenvalue weighted by molar-refractivity contribution is 5.75. The standard InChI is InChI=1S/C16H22FN3/c1-16(2,3)20-8-6-11(7-9-20)15-18-13-5-4-12(17)10-14(13)19-15/h4-5,10-11H,6-9H2,1-3H3,(H,18,19). The average Bonchev–Trinajstić information content (AvgIpc) is 2.80. The van der Waals surface area contributed by atoms with Crippen molar-refractivity contribution >= 4 is 11.0 Å². The summed E-state index contributed by atoms with van der Waals surface area (Å²) in [5, 5.41) is 0. The Hall–Kier alpha value is -1.42. The molecule has 0 spiro atoms. The van der Waals surface area contributed by atoms with Crippen LogP contribution in [0.15, 0.2) is 18.2 Å². The van der Waals surface area contributed by atoms with Gasteiger partial charge in [-0.3, -0.25) is 4.90 Å². The van der Waals surface area contributed by atoms with Crippen LogP contribution in [0.1, 0.15) is 45.4 Å². The first-order valence-electron chi connectivity index (χ1n) is 7.34. The number of aromatic amines is 1. The number of imidazole rings is 1. The Balaban J connectivity index is 1.76. The van der Waals surface area contributed by atoms with Crippen molar-refractivity contribution in [2.45, 2.75) is 45.1 Å². The SMILES string of the molecule is CC(C)(C)N1CCC(c2nc3ccc(F)cc3[nH]2)CC1. The topological polar surface area (TPSA) is 31.9 Å². The van der Waals surface area contributed by atoms with Gasteiger partial charge < -0.3 is 4.98 Å². The highest BCUT2D eigenvalue weighted by Crippen LogP contribution is 2.30. The number of halogens is 1. The van der Waals surface area contributed by atoms with E-state index in [9.17, 15) is 4.39 Å². The van der Waals surface area contributed by atoms with Gasteiger partial charge in [-0.15, -0.1) is 0 Å². The molecule has 4 heteroatoms. The number of aromatic nitrogens is 2. The Bertz CT molecular complexity index is 604. The van der Waals surface area contributed by atoms with Crippen molar-refractivity contribution in [3.05, 3.63) is 29.8 Å². The van der Waals surface area contributed by atoms with Crippen LogP contribution in [0.5, 0.6) is 0 Å². The van der Waals surface area contributed by atoms with E-state index in [-0.39, 0.29) is 11.4 Å². The number of hydrogen-bond donors (Lipinski definition) is 1. The second-order valence-corrected chi connectivity index (χ2v) is 6.72. The zero-order chi connectivity index (χ0) is 14.3. The summed E-state index contributed by atoms with van der Waals surface area (Å²) in [6.45, 7) is 8.98. The summed E-state index contributed by atoms with van der Waals surface area (Å²) in [6.07, 6.45) is 2.22. The van der Waals surface area contributed by atoms with Gasteiger partial charge in [-0.1, -0.05) is 0 Å². The molecule has 1 saturated heterocycles. The van der Waals surface area contributed by atoms with Crippen molar-refractivity contribution in [2.75, 3.05) is 13.1 Å². The number of benzene rings is 1. The van der Waals surface area contributed by atoms with E-state index in [0.717, 1.165) is 42.8 Å². The van der Waals surface area contributed by atoms with Crippen molar-refractivity contribution in [3.8, 4) is 0 Å². The number of fused-ring (bicyclic) bond motifs is 1. The largest absolute Gasteiger partial charge is 0.342 e. The lowest BCUT2D eigenvalue weighted by atomic mass is 9.92. The smallest absolute Gasteiger partial charge is 0.125 e. The molecule has 1 N–H and O–H groups in total. The minimum absolute atomic E-state index is 0.213. The molecular weight excluding hydrogens is 253 g/mol. The predicted octanol–water partition coefficient (Wildman–Crippen LogP) is 3.68. The van der Waals surface area contributed by atoms with E-state index in [0.29, 0.717) is 5.92 Å². The minimum Gasteiger partial charge on any atom is -0.342 e. The molecule has 0 amide bonds. The van der Waals surface area contributed by atoms with Gasteiger partial charge in [0.05, 0.1) is 11.0 Å². The van der Waals surface area contributed by atoms with Crippen LogP contribution >= 0.6 is 0 Å². The van der Waals surface area contributed by atoms with Crippen molar-refractivity contribution in [1.82, 2.24) is 14.9 Å². The maximum Gasteiger partial charge on any atom is 0.125 e. The average molecular weight is 275 g/mol. The lowest BCUT2D eigenvalue weighted by molar-refractivity contribution is 0.101. The molecule has 0 bridgehead atoms. The van der Waals surface area contributed by atoms with Gasteiger partial charge in [0.25, 0.3) is 0 Å². The normalized spacial score (nSPS) is 18.8. The molecule has 108 valence electrons. The van der Waals surface area contributed by atoms with E-state index in [2.05, 4.69) is 35.6 Å². The van der Waals surface area contributed by atoms with Crippen LogP contribution in [0, 0.1) is 5.82 Å². The molecule has 20 heavy (non-hydrogen) atoms. The van der Waals surface area contributed by atoms with Gasteiger partial charge in [0.1, 0.15) is 11.6 Å². The van der Waals surface area contributed by atoms with E-state index >= 15 is 0 Å². The third-order valence-electron chi connectivity index (χ3n) is 4.29. The summed E-state index contributed by atoms with van der Waals surface area (Å²) in [5.41, 5.74) is 1.90. The van der Waals surface area contributed by atoms with Crippen LogP contribution in [-0.4, -0.2) is 33.5 Å². The minimum atomic E-state index is -0.213. The van der Waals surface area contributed by atoms with Crippen LogP contribution in [0.2, 0.25) is 0 Å². The maximum absolute atomic E-state index is 13.2. The maximum atomic E-state index is 13.2. The number of nitrogens with one attached hydrogen (secondary N) is 1. The number of rotatable bonds is 1. The molecule has 1 fully saturated rings. The third-order valence-corrected chi connectivity index (χ3v) is 4.29. The fourth-order valence-corrected chi connectivity index (χ4v) is 3.02. The number of H-pyrrole nitrogens is 1. The van der Waals surface area contributed by atoms with Crippen LogP contribution in [0.25, 0.3) is 11.0 Å². The predicted molar refractivity (Wildman–Crippen MR) is 79.4 cm³/mol. The Labute approximate surface area is 119 Å². The molecule has 3 nitrogen and oxygen atoms in total. The Morgan fingerprint density at radius 2 is 1.95 bits per heavy atom. The van der Waals surface area contributed by atoms with Crippen molar-refractivity contribution in [2.24, 2.45) is 0 Å². The molecular formula is C16H22FN3. The molecule has 2 aromatic rings. The Morgan fingerprint density at radius 3 is 2.60 bits per heavy atom. The van der Waals surface area contributed by atoms with Gasteiger partial charge in [-0.25, -0.2) is 9.37 Å². The third kappa shape index (κ3) is 2.57. The van der Waals surface area contributed by atoms with Gasteiger partial charge in [0, 0.05) is 11.5 Å². The molecule has 0 aliphatic carbocycles. The van der Waals surface area contributed by atoms with Gasteiger partial charge in [-0.2, -0.15) is 0 Å². The van der Waals surface area contributed by atoms with Crippen LogP contribution in [0.3, 0.4) is 0 Å². The van der Waals surface area contributed by atoms with E-state index in [1.54, 1.807) is 6.07 Å². The fraction of sp³-hybridized carbons (Fsp3) is 0.562. The molecule has 1 aliphatic rings. The molecule has 0 saturated carbocycles. The molecule has 2 heterocycles. The molecule has 0 unspecified atom stereocenters. The quantitative estimate of drug-likeness (QED) is 0.861. The first-order chi connectivity index (χ1) is 9.43. The summed E-state index contributed by atoms with van der Waals surface area (Å²) >= 11 is 0. The zero-order valence-electron chi connectivity index (χ0n) is 12.4. The molecule has 3 rings (SSSR count). The van der Waals surface area contributed by atoms with E-state index in [1.165, 1.54) is 12.1 Å². The molecule has 0 radical (unpaired) electrons.